The molecule has 1 atom stereocenters. The Kier molecular flexibility index (Phi) is 5.71. The fraction of sp³-hybridized carbons (Fsp3) is 0.538. The Morgan fingerprint density at radius 2 is 1.94 bits per heavy atom. The molecule has 0 saturated heterocycles. The Bertz CT molecular complexity index is 287. The van der Waals surface area contributed by atoms with Gasteiger partial charge >= 0.3 is 0 Å². The minimum Gasteiger partial charge on any atom is -0.494 e. The van der Waals surface area contributed by atoms with Gasteiger partial charge in [-0.25, -0.2) is 0 Å². The van der Waals surface area contributed by atoms with Crippen molar-refractivity contribution in [1.82, 2.24) is 0 Å². The van der Waals surface area contributed by atoms with Gasteiger partial charge in [-0.15, -0.1) is 0 Å². The lowest BCUT2D eigenvalue weighted by Gasteiger charge is -2.21. The first-order valence-corrected chi connectivity index (χ1v) is 6.35. The zero-order valence-electron chi connectivity index (χ0n) is 9.86. The van der Waals surface area contributed by atoms with Crippen molar-refractivity contribution >= 4 is 12.6 Å². The van der Waals surface area contributed by atoms with Crippen molar-refractivity contribution in [2.45, 2.75) is 31.7 Å². The Labute approximate surface area is 104 Å². The van der Waals surface area contributed by atoms with Crippen LogP contribution < -0.4 is 10.5 Å². The van der Waals surface area contributed by atoms with Crippen LogP contribution in [0.2, 0.25) is 0 Å². The van der Waals surface area contributed by atoms with E-state index in [1.54, 1.807) is 0 Å². The van der Waals surface area contributed by atoms with E-state index in [2.05, 4.69) is 12.6 Å². The first-order chi connectivity index (χ1) is 7.64. The molecule has 2 nitrogen and oxygen atoms in total. The van der Waals surface area contributed by atoms with E-state index in [1.165, 1.54) is 0 Å². The van der Waals surface area contributed by atoms with Crippen molar-refractivity contribution in [1.29, 1.82) is 0 Å². The van der Waals surface area contributed by atoms with Crippen LogP contribution in [-0.4, -0.2) is 17.9 Å². The summed E-state index contributed by atoms with van der Waals surface area (Å²) >= 11 is 4.23. The highest BCUT2D eigenvalue weighted by molar-refractivity contribution is 7.80. The number of hydrogen-bond acceptors (Lipinski definition) is 3. The number of ether oxygens (including phenoxy) is 1. The molecule has 0 radical (unpaired) electrons. The second-order valence-corrected chi connectivity index (χ2v) is 4.75. The van der Waals surface area contributed by atoms with E-state index in [0.29, 0.717) is 0 Å². The molecule has 0 aliphatic heterocycles. The molecule has 1 unspecified atom stereocenters. The molecule has 2 N–H and O–H groups in total. The van der Waals surface area contributed by atoms with E-state index < -0.39 is 0 Å². The Hall–Kier alpha value is -0.670. The number of benzene rings is 1. The number of thiol groups is 1. The fourth-order valence-electron chi connectivity index (χ4n) is 1.42. The summed E-state index contributed by atoms with van der Waals surface area (Å²) in [7, 11) is 0. The average Bonchev–Trinajstić information content (AvgIpc) is 2.30. The van der Waals surface area contributed by atoms with Crippen LogP contribution in [0.15, 0.2) is 30.3 Å². The Balaban J connectivity index is 2.09. The van der Waals surface area contributed by atoms with Crippen molar-refractivity contribution in [3.8, 4) is 5.75 Å². The van der Waals surface area contributed by atoms with Gasteiger partial charge in [-0.2, -0.15) is 12.6 Å². The van der Waals surface area contributed by atoms with Gasteiger partial charge in [0.05, 0.1) is 6.61 Å². The van der Waals surface area contributed by atoms with Gasteiger partial charge < -0.3 is 10.5 Å². The zero-order chi connectivity index (χ0) is 11.9. The van der Waals surface area contributed by atoms with Crippen LogP contribution in [0.3, 0.4) is 0 Å². The maximum Gasteiger partial charge on any atom is 0.119 e. The molecule has 90 valence electrons. The molecule has 0 saturated carbocycles. The van der Waals surface area contributed by atoms with E-state index in [9.17, 15) is 0 Å². The zero-order valence-corrected chi connectivity index (χ0v) is 10.7. The fourth-order valence-corrected chi connectivity index (χ4v) is 1.57. The number of rotatable bonds is 7. The van der Waals surface area contributed by atoms with Crippen LogP contribution in [0.5, 0.6) is 5.75 Å². The van der Waals surface area contributed by atoms with E-state index in [1.807, 2.05) is 37.3 Å². The van der Waals surface area contributed by atoms with E-state index in [4.69, 9.17) is 10.5 Å². The van der Waals surface area contributed by atoms with Crippen LogP contribution in [-0.2, 0) is 0 Å². The second kappa shape index (κ2) is 6.81. The summed E-state index contributed by atoms with van der Waals surface area (Å²) in [5, 5.41) is 0. The van der Waals surface area contributed by atoms with Crippen LogP contribution in [0.4, 0.5) is 0 Å². The summed E-state index contributed by atoms with van der Waals surface area (Å²) in [6.07, 6.45) is 3.12. The molecule has 0 spiro atoms. The number of hydrogen-bond donors (Lipinski definition) is 2. The quantitative estimate of drug-likeness (QED) is 0.567. The monoisotopic (exact) mass is 239 g/mol. The molecule has 1 aromatic carbocycles. The lowest BCUT2D eigenvalue weighted by Crippen LogP contribution is -2.38. The highest BCUT2D eigenvalue weighted by Crippen LogP contribution is 2.13. The van der Waals surface area contributed by atoms with Gasteiger partial charge in [0.25, 0.3) is 0 Å². The van der Waals surface area contributed by atoms with Crippen LogP contribution in [0, 0.1) is 0 Å². The normalized spacial score (nSPS) is 14.4. The summed E-state index contributed by atoms with van der Waals surface area (Å²) < 4.78 is 5.59. The standard InChI is InChI=1S/C13H21NOS/c1-13(14,11-16)9-5-6-10-15-12-7-3-2-4-8-12/h2-4,7-8,16H,5-6,9-11,14H2,1H3. The van der Waals surface area contributed by atoms with Crippen LogP contribution in [0.1, 0.15) is 26.2 Å². The van der Waals surface area contributed by atoms with Crippen molar-refractivity contribution in [2.75, 3.05) is 12.4 Å². The van der Waals surface area contributed by atoms with Gasteiger partial charge in [0.1, 0.15) is 5.75 Å². The first kappa shape index (κ1) is 13.4. The van der Waals surface area contributed by atoms with Crippen molar-refractivity contribution in [2.24, 2.45) is 5.73 Å². The predicted octanol–water partition coefficient (Wildman–Crippen LogP) is 2.88. The predicted molar refractivity (Wildman–Crippen MR) is 72.2 cm³/mol. The maximum atomic E-state index is 5.99. The molecule has 0 amide bonds. The molecule has 16 heavy (non-hydrogen) atoms. The SMILES string of the molecule is CC(N)(CS)CCCCOc1ccccc1. The minimum absolute atomic E-state index is 0.143. The van der Waals surface area contributed by atoms with Crippen LogP contribution >= 0.6 is 12.6 Å². The largest absolute Gasteiger partial charge is 0.494 e. The molecule has 1 aromatic rings. The molecular weight excluding hydrogens is 218 g/mol. The summed E-state index contributed by atoms with van der Waals surface area (Å²) in [6, 6.07) is 9.89. The molecule has 3 heteroatoms. The number of nitrogens with two attached hydrogens (primary N) is 1. The third kappa shape index (κ3) is 5.42. The van der Waals surface area contributed by atoms with Gasteiger partial charge in [0.15, 0.2) is 0 Å². The van der Waals surface area contributed by atoms with Gasteiger partial charge in [-0.3, -0.25) is 0 Å². The average molecular weight is 239 g/mol. The summed E-state index contributed by atoms with van der Waals surface area (Å²) in [5.74, 6) is 1.67. The van der Waals surface area contributed by atoms with E-state index in [-0.39, 0.29) is 5.54 Å². The first-order valence-electron chi connectivity index (χ1n) is 5.72. The highest BCUT2D eigenvalue weighted by atomic mass is 32.1. The van der Waals surface area contributed by atoms with Crippen molar-refractivity contribution < 1.29 is 4.74 Å². The molecule has 0 aromatic heterocycles. The summed E-state index contributed by atoms with van der Waals surface area (Å²) in [6.45, 7) is 2.80. The lowest BCUT2D eigenvalue weighted by molar-refractivity contribution is 0.298. The molecular formula is C13H21NOS. The minimum atomic E-state index is -0.143. The second-order valence-electron chi connectivity index (χ2n) is 4.43. The summed E-state index contributed by atoms with van der Waals surface area (Å²) in [4.78, 5) is 0. The van der Waals surface area contributed by atoms with E-state index >= 15 is 0 Å². The number of unbranched alkanes of at least 4 members (excludes halogenated alkanes) is 1. The third-order valence-electron chi connectivity index (χ3n) is 2.52. The highest BCUT2D eigenvalue weighted by Gasteiger charge is 2.14. The lowest BCUT2D eigenvalue weighted by atomic mass is 9.99. The van der Waals surface area contributed by atoms with Crippen LogP contribution in [0.25, 0.3) is 0 Å². The smallest absolute Gasteiger partial charge is 0.119 e. The molecule has 0 aliphatic carbocycles. The summed E-state index contributed by atoms with van der Waals surface area (Å²) in [5.41, 5.74) is 5.85. The molecule has 0 aliphatic rings. The van der Waals surface area contributed by atoms with Gasteiger partial charge in [0.2, 0.25) is 0 Å². The maximum absolute atomic E-state index is 5.99. The van der Waals surface area contributed by atoms with Crippen molar-refractivity contribution in [3.05, 3.63) is 30.3 Å². The van der Waals surface area contributed by atoms with Gasteiger partial charge in [-0.05, 0) is 38.3 Å². The molecule has 1 rings (SSSR count). The third-order valence-corrected chi connectivity index (χ3v) is 3.24. The topological polar surface area (TPSA) is 35.2 Å². The van der Waals surface area contributed by atoms with Crippen molar-refractivity contribution in [3.63, 3.8) is 0 Å². The van der Waals surface area contributed by atoms with Gasteiger partial charge in [-0.1, -0.05) is 18.2 Å². The number of para-hydroxylation sites is 1. The van der Waals surface area contributed by atoms with E-state index in [0.717, 1.165) is 37.4 Å². The van der Waals surface area contributed by atoms with Gasteiger partial charge in [0, 0.05) is 11.3 Å². The Morgan fingerprint density at radius 1 is 1.25 bits per heavy atom. The molecule has 0 heterocycles. The molecule has 0 bridgehead atoms. The molecule has 0 fully saturated rings. The Morgan fingerprint density at radius 3 is 2.56 bits per heavy atom.